The first-order valence-electron chi connectivity index (χ1n) is 10.3. The third kappa shape index (κ3) is 6.55. The van der Waals surface area contributed by atoms with Crippen LogP contribution in [-0.2, 0) is 11.2 Å². The van der Waals surface area contributed by atoms with Gasteiger partial charge in [-0.15, -0.1) is 0 Å². The summed E-state index contributed by atoms with van der Waals surface area (Å²) in [5, 5.41) is 6.05. The van der Waals surface area contributed by atoms with Crippen LogP contribution in [0.4, 0.5) is 11.4 Å². The van der Waals surface area contributed by atoms with Crippen molar-refractivity contribution in [2.45, 2.75) is 19.8 Å². The minimum Gasteiger partial charge on any atom is -0.492 e. The molecule has 0 saturated carbocycles. The summed E-state index contributed by atoms with van der Waals surface area (Å²) < 4.78 is 11.5. The average Bonchev–Trinajstić information content (AvgIpc) is 2.78. The summed E-state index contributed by atoms with van der Waals surface area (Å²) >= 11 is 0. The van der Waals surface area contributed by atoms with E-state index in [4.69, 9.17) is 9.47 Å². The molecule has 5 nitrogen and oxygen atoms in total. The Hall–Kier alpha value is -3.47. The van der Waals surface area contributed by atoms with E-state index in [0.29, 0.717) is 24.7 Å². The summed E-state index contributed by atoms with van der Waals surface area (Å²) in [6.07, 6.45) is 1.86. The Balaban J connectivity index is 1.49. The first-order chi connectivity index (χ1) is 14.8. The van der Waals surface area contributed by atoms with Crippen molar-refractivity contribution >= 4 is 17.3 Å². The van der Waals surface area contributed by atoms with Crippen molar-refractivity contribution < 1.29 is 14.3 Å². The number of para-hydroxylation sites is 4. The molecule has 0 aliphatic heterocycles. The molecule has 0 heterocycles. The number of aryl methyl sites for hydroxylation is 1. The van der Waals surface area contributed by atoms with E-state index < -0.39 is 0 Å². The van der Waals surface area contributed by atoms with Gasteiger partial charge in [0.05, 0.1) is 31.1 Å². The van der Waals surface area contributed by atoms with Crippen LogP contribution in [0.2, 0.25) is 0 Å². The monoisotopic (exact) mass is 404 g/mol. The smallest absolute Gasteiger partial charge is 0.243 e. The molecule has 0 spiro atoms. The lowest BCUT2D eigenvalue weighted by Crippen LogP contribution is -2.22. The third-order valence-corrected chi connectivity index (χ3v) is 4.50. The van der Waals surface area contributed by atoms with Gasteiger partial charge in [-0.1, -0.05) is 54.6 Å². The predicted octanol–water partition coefficient (Wildman–Crippen LogP) is 5.15. The minimum atomic E-state index is -0.151. The Morgan fingerprint density at radius 3 is 2.17 bits per heavy atom. The van der Waals surface area contributed by atoms with Crippen LogP contribution >= 0.6 is 0 Å². The maximum absolute atomic E-state index is 12.5. The van der Waals surface area contributed by atoms with Crippen LogP contribution in [0.25, 0.3) is 0 Å². The lowest BCUT2D eigenvalue weighted by atomic mass is 10.1. The molecule has 3 aromatic carbocycles. The molecule has 0 bridgehead atoms. The van der Waals surface area contributed by atoms with Gasteiger partial charge in [0.25, 0.3) is 0 Å². The van der Waals surface area contributed by atoms with Gasteiger partial charge in [-0.25, -0.2) is 0 Å². The van der Waals surface area contributed by atoms with Crippen molar-refractivity contribution in [2.75, 3.05) is 30.4 Å². The molecule has 30 heavy (non-hydrogen) atoms. The maximum atomic E-state index is 12.5. The summed E-state index contributed by atoms with van der Waals surface area (Å²) in [5.41, 5.74) is 2.75. The molecule has 0 saturated heterocycles. The van der Waals surface area contributed by atoms with Crippen molar-refractivity contribution in [3.63, 3.8) is 0 Å². The minimum absolute atomic E-state index is 0.131. The third-order valence-electron chi connectivity index (χ3n) is 4.50. The average molecular weight is 405 g/mol. The van der Waals surface area contributed by atoms with Gasteiger partial charge in [0.15, 0.2) is 0 Å². The van der Waals surface area contributed by atoms with Gasteiger partial charge >= 0.3 is 0 Å². The van der Waals surface area contributed by atoms with Gasteiger partial charge in [-0.2, -0.15) is 0 Å². The molecule has 0 aromatic heterocycles. The van der Waals surface area contributed by atoms with E-state index in [1.54, 1.807) is 0 Å². The van der Waals surface area contributed by atoms with Gasteiger partial charge < -0.3 is 20.1 Å². The highest BCUT2D eigenvalue weighted by atomic mass is 16.5. The Kier molecular flexibility index (Phi) is 8.15. The molecular formula is C25H28N2O3. The number of carbonyl (C=O) groups excluding carboxylic acids is 1. The number of carbonyl (C=O) groups is 1. The highest BCUT2D eigenvalue weighted by Gasteiger charge is 2.09. The molecule has 3 rings (SSSR count). The van der Waals surface area contributed by atoms with E-state index in [1.165, 1.54) is 5.56 Å². The van der Waals surface area contributed by atoms with Crippen molar-refractivity contribution in [3.8, 4) is 11.5 Å². The Morgan fingerprint density at radius 2 is 1.43 bits per heavy atom. The second-order valence-corrected chi connectivity index (χ2v) is 6.76. The molecule has 0 aliphatic carbocycles. The summed E-state index contributed by atoms with van der Waals surface area (Å²) in [4.78, 5) is 12.5. The van der Waals surface area contributed by atoms with Crippen LogP contribution in [0.5, 0.6) is 11.5 Å². The zero-order valence-electron chi connectivity index (χ0n) is 17.3. The summed E-state index contributed by atoms with van der Waals surface area (Å²) in [7, 11) is 0. The molecule has 0 aliphatic rings. The predicted molar refractivity (Wildman–Crippen MR) is 121 cm³/mol. The molecule has 0 unspecified atom stereocenters. The molecule has 2 N–H and O–H groups in total. The van der Waals surface area contributed by atoms with E-state index in [-0.39, 0.29) is 12.5 Å². The lowest BCUT2D eigenvalue weighted by Gasteiger charge is -2.14. The Bertz CT molecular complexity index is 928. The highest BCUT2D eigenvalue weighted by Crippen LogP contribution is 2.25. The largest absolute Gasteiger partial charge is 0.492 e. The second kappa shape index (κ2) is 11.5. The van der Waals surface area contributed by atoms with Gasteiger partial charge in [0.1, 0.15) is 11.5 Å². The fourth-order valence-corrected chi connectivity index (χ4v) is 3.06. The molecular weight excluding hydrogens is 376 g/mol. The highest BCUT2D eigenvalue weighted by molar-refractivity contribution is 5.95. The van der Waals surface area contributed by atoms with Gasteiger partial charge in [0, 0.05) is 0 Å². The van der Waals surface area contributed by atoms with Crippen molar-refractivity contribution in [2.24, 2.45) is 0 Å². The number of hydrogen-bond acceptors (Lipinski definition) is 4. The van der Waals surface area contributed by atoms with Gasteiger partial charge in [-0.05, 0) is 49.6 Å². The Labute approximate surface area is 178 Å². The van der Waals surface area contributed by atoms with Crippen LogP contribution < -0.4 is 20.1 Å². The number of rotatable bonds is 11. The number of anilines is 2. The van der Waals surface area contributed by atoms with Crippen molar-refractivity contribution in [1.82, 2.24) is 0 Å². The zero-order chi connectivity index (χ0) is 21.0. The van der Waals surface area contributed by atoms with Gasteiger partial charge in [0.2, 0.25) is 5.91 Å². The fraction of sp³-hybridized carbons (Fsp3) is 0.240. The summed E-state index contributed by atoms with van der Waals surface area (Å²) in [6.45, 7) is 3.22. The lowest BCUT2D eigenvalue weighted by molar-refractivity contribution is -0.114. The first-order valence-corrected chi connectivity index (χ1v) is 10.3. The second-order valence-electron chi connectivity index (χ2n) is 6.76. The van der Waals surface area contributed by atoms with E-state index in [9.17, 15) is 4.79 Å². The number of amides is 1. The van der Waals surface area contributed by atoms with Crippen LogP contribution in [-0.4, -0.2) is 25.7 Å². The summed E-state index contributed by atoms with van der Waals surface area (Å²) in [5.74, 6) is 1.25. The quantitative estimate of drug-likeness (QED) is 0.434. The van der Waals surface area contributed by atoms with E-state index in [0.717, 1.165) is 24.3 Å². The molecule has 0 fully saturated rings. The SMILES string of the molecule is CCOc1ccccc1NCC(=O)Nc1ccccc1OCCCc1ccccc1. The number of hydrogen-bond donors (Lipinski definition) is 2. The molecule has 5 heteroatoms. The number of nitrogens with one attached hydrogen (secondary N) is 2. The molecule has 3 aromatic rings. The molecule has 156 valence electrons. The Morgan fingerprint density at radius 1 is 0.800 bits per heavy atom. The number of benzene rings is 3. The molecule has 0 atom stereocenters. The van der Waals surface area contributed by atoms with Gasteiger partial charge in [-0.3, -0.25) is 4.79 Å². The van der Waals surface area contributed by atoms with E-state index >= 15 is 0 Å². The zero-order valence-corrected chi connectivity index (χ0v) is 17.3. The van der Waals surface area contributed by atoms with Crippen molar-refractivity contribution in [3.05, 3.63) is 84.4 Å². The van der Waals surface area contributed by atoms with Crippen LogP contribution in [0.1, 0.15) is 18.9 Å². The standard InChI is InChI=1S/C25H28N2O3/c1-2-29-23-16-8-6-14-21(23)26-19-25(28)27-22-15-7-9-17-24(22)30-18-10-13-20-11-4-3-5-12-20/h3-9,11-12,14-17,26H,2,10,13,18-19H2,1H3,(H,27,28). The van der Waals surface area contributed by atoms with E-state index in [1.807, 2.05) is 73.7 Å². The van der Waals surface area contributed by atoms with Crippen molar-refractivity contribution in [1.29, 1.82) is 0 Å². The molecule has 0 radical (unpaired) electrons. The van der Waals surface area contributed by atoms with Crippen LogP contribution in [0.3, 0.4) is 0 Å². The van der Waals surface area contributed by atoms with Crippen LogP contribution in [0.15, 0.2) is 78.9 Å². The maximum Gasteiger partial charge on any atom is 0.243 e. The normalized spacial score (nSPS) is 10.3. The van der Waals surface area contributed by atoms with Crippen LogP contribution in [0, 0.1) is 0 Å². The summed E-state index contributed by atoms with van der Waals surface area (Å²) in [6, 6.07) is 25.4. The first kappa shape index (κ1) is 21.2. The topological polar surface area (TPSA) is 59.6 Å². The number of ether oxygens (including phenoxy) is 2. The fourth-order valence-electron chi connectivity index (χ4n) is 3.06. The van der Waals surface area contributed by atoms with E-state index in [2.05, 4.69) is 22.8 Å². The molecule has 1 amide bonds.